The molecular formula is C25H26N4O2S. The van der Waals surface area contributed by atoms with Crippen LogP contribution in [0.15, 0.2) is 72.1 Å². The Morgan fingerprint density at radius 3 is 2.56 bits per heavy atom. The molecule has 164 valence electrons. The lowest BCUT2D eigenvalue weighted by molar-refractivity contribution is -0.119. The number of rotatable bonds is 9. The van der Waals surface area contributed by atoms with Crippen LogP contribution in [0, 0.1) is 0 Å². The molecule has 7 heteroatoms. The van der Waals surface area contributed by atoms with Crippen molar-refractivity contribution in [1.29, 1.82) is 0 Å². The van der Waals surface area contributed by atoms with E-state index in [1.807, 2.05) is 83.6 Å². The highest BCUT2D eigenvalue weighted by molar-refractivity contribution is 7.12. The Balaban J connectivity index is 1.47. The normalized spacial score (nSPS) is 10.9. The predicted molar refractivity (Wildman–Crippen MR) is 129 cm³/mol. The van der Waals surface area contributed by atoms with Crippen molar-refractivity contribution in [3.05, 3.63) is 82.8 Å². The molecule has 0 atom stereocenters. The molecule has 0 spiro atoms. The largest absolute Gasteiger partial charge is 0.351 e. The molecule has 4 rings (SSSR count). The molecular weight excluding hydrogens is 420 g/mol. The number of thiophene rings is 1. The summed E-state index contributed by atoms with van der Waals surface area (Å²) in [5.41, 5.74) is 2.71. The van der Waals surface area contributed by atoms with E-state index in [4.69, 9.17) is 4.98 Å². The molecule has 0 aliphatic rings. The van der Waals surface area contributed by atoms with Gasteiger partial charge in [-0.2, -0.15) is 0 Å². The molecule has 0 fully saturated rings. The number of aromatic nitrogens is 2. The molecule has 0 unspecified atom stereocenters. The Morgan fingerprint density at radius 2 is 1.81 bits per heavy atom. The van der Waals surface area contributed by atoms with Gasteiger partial charge in [-0.05, 0) is 49.1 Å². The van der Waals surface area contributed by atoms with Gasteiger partial charge in [-0.25, -0.2) is 4.98 Å². The number of hydrogen-bond donors (Lipinski definition) is 1. The maximum atomic E-state index is 13.2. The molecule has 2 heterocycles. The zero-order chi connectivity index (χ0) is 22.3. The van der Waals surface area contributed by atoms with Gasteiger partial charge in [-0.15, -0.1) is 11.3 Å². The van der Waals surface area contributed by atoms with Crippen molar-refractivity contribution in [2.75, 3.05) is 18.0 Å². The summed E-state index contributed by atoms with van der Waals surface area (Å²) < 4.78 is 2.00. The number of anilines is 1. The monoisotopic (exact) mass is 446 g/mol. The molecule has 0 bridgehead atoms. The molecule has 2 aromatic heterocycles. The number of carbonyl (C=O) groups excluding carboxylic acids is 2. The Morgan fingerprint density at radius 1 is 1.03 bits per heavy atom. The Hall–Kier alpha value is -3.45. The quantitative estimate of drug-likeness (QED) is 0.385. The van der Waals surface area contributed by atoms with E-state index in [1.165, 1.54) is 11.3 Å². The molecule has 6 nitrogen and oxygen atoms in total. The van der Waals surface area contributed by atoms with Gasteiger partial charge < -0.3 is 14.8 Å². The van der Waals surface area contributed by atoms with Gasteiger partial charge in [0.25, 0.3) is 5.91 Å². The molecule has 4 aromatic rings. The number of carbonyl (C=O) groups is 2. The Labute approximate surface area is 191 Å². The number of para-hydroxylation sites is 3. The first-order valence-electron chi connectivity index (χ1n) is 10.8. The highest BCUT2D eigenvalue weighted by Gasteiger charge is 2.18. The molecule has 0 radical (unpaired) electrons. The zero-order valence-electron chi connectivity index (χ0n) is 18.0. The average Bonchev–Trinajstić information content (AvgIpc) is 3.47. The summed E-state index contributed by atoms with van der Waals surface area (Å²) in [6, 6.07) is 21.3. The van der Waals surface area contributed by atoms with Gasteiger partial charge in [0.05, 0.1) is 15.9 Å². The number of amides is 2. The van der Waals surface area contributed by atoms with E-state index in [-0.39, 0.29) is 18.4 Å². The highest BCUT2D eigenvalue weighted by Crippen LogP contribution is 2.19. The summed E-state index contributed by atoms with van der Waals surface area (Å²) in [5.74, 6) is 0.827. The van der Waals surface area contributed by atoms with E-state index >= 15 is 0 Å². The standard InChI is InChI=1S/C25H26N4O2S/c1-2-28(19-10-4-3-5-11-19)24(30)18-29-21-13-7-6-12-20(21)27-23(29)15-8-16-26-25(31)22-14-9-17-32-22/h3-7,9-14,17H,2,8,15-16,18H2,1H3,(H,26,31). The molecule has 0 saturated carbocycles. The number of imidazole rings is 1. The first-order chi connectivity index (χ1) is 15.7. The van der Waals surface area contributed by atoms with Crippen LogP contribution in [0.4, 0.5) is 5.69 Å². The maximum absolute atomic E-state index is 13.2. The van der Waals surface area contributed by atoms with Gasteiger partial charge in [-0.1, -0.05) is 36.4 Å². The van der Waals surface area contributed by atoms with E-state index < -0.39 is 0 Å². The van der Waals surface area contributed by atoms with Crippen LogP contribution in [0.3, 0.4) is 0 Å². The van der Waals surface area contributed by atoms with Crippen molar-refractivity contribution in [2.24, 2.45) is 0 Å². The fourth-order valence-electron chi connectivity index (χ4n) is 3.77. The minimum atomic E-state index is -0.0508. The molecule has 2 aromatic carbocycles. The van der Waals surface area contributed by atoms with Crippen molar-refractivity contribution >= 4 is 39.9 Å². The van der Waals surface area contributed by atoms with Crippen molar-refractivity contribution in [3.8, 4) is 0 Å². The predicted octanol–water partition coefficient (Wildman–Crippen LogP) is 4.51. The lowest BCUT2D eigenvalue weighted by Crippen LogP contribution is -2.34. The number of aryl methyl sites for hydroxylation is 1. The van der Waals surface area contributed by atoms with Crippen LogP contribution < -0.4 is 10.2 Å². The summed E-state index contributed by atoms with van der Waals surface area (Å²) >= 11 is 1.43. The Kier molecular flexibility index (Phi) is 6.97. The van der Waals surface area contributed by atoms with Crippen molar-refractivity contribution in [1.82, 2.24) is 14.9 Å². The van der Waals surface area contributed by atoms with Crippen molar-refractivity contribution < 1.29 is 9.59 Å². The molecule has 0 aliphatic heterocycles. The number of hydrogen-bond acceptors (Lipinski definition) is 4. The van der Waals surface area contributed by atoms with Gasteiger partial charge in [0.2, 0.25) is 5.91 Å². The number of benzene rings is 2. The topological polar surface area (TPSA) is 67.2 Å². The number of nitrogens with one attached hydrogen (secondary N) is 1. The highest BCUT2D eigenvalue weighted by atomic mass is 32.1. The van der Waals surface area contributed by atoms with Gasteiger partial charge in [0, 0.05) is 25.2 Å². The van der Waals surface area contributed by atoms with E-state index in [1.54, 1.807) is 4.90 Å². The first kappa shape index (κ1) is 21.8. The van der Waals surface area contributed by atoms with E-state index in [9.17, 15) is 9.59 Å². The molecule has 32 heavy (non-hydrogen) atoms. The number of fused-ring (bicyclic) bond motifs is 1. The minimum absolute atomic E-state index is 0.0223. The summed E-state index contributed by atoms with van der Waals surface area (Å²) in [6.07, 6.45) is 1.41. The van der Waals surface area contributed by atoms with Crippen LogP contribution in [0.2, 0.25) is 0 Å². The SMILES string of the molecule is CCN(C(=O)Cn1c(CCCNC(=O)c2cccs2)nc2ccccc21)c1ccccc1. The maximum Gasteiger partial charge on any atom is 0.261 e. The number of nitrogens with zero attached hydrogens (tertiary/aromatic N) is 3. The summed E-state index contributed by atoms with van der Waals surface area (Å²) in [6.45, 7) is 3.35. The van der Waals surface area contributed by atoms with E-state index in [0.717, 1.165) is 29.0 Å². The van der Waals surface area contributed by atoms with Gasteiger partial charge in [-0.3, -0.25) is 9.59 Å². The van der Waals surface area contributed by atoms with E-state index in [0.29, 0.717) is 24.4 Å². The van der Waals surface area contributed by atoms with Crippen LogP contribution in [0.1, 0.15) is 28.8 Å². The summed E-state index contributed by atoms with van der Waals surface area (Å²) in [4.78, 5) is 32.6. The second-order valence-electron chi connectivity index (χ2n) is 7.41. The fourth-order valence-corrected chi connectivity index (χ4v) is 4.41. The third-order valence-corrected chi connectivity index (χ3v) is 6.19. The molecule has 1 N–H and O–H groups in total. The van der Waals surface area contributed by atoms with Crippen molar-refractivity contribution in [2.45, 2.75) is 26.3 Å². The zero-order valence-corrected chi connectivity index (χ0v) is 18.8. The lowest BCUT2D eigenvalue weighted by atomic mass is 10.2. The van der Waals surface area contributed by atoms with Crippen LogP contribution in [-0.4, -0.2) is 34.5 Å². The van der Waals surface area contributed by atoms with Crippen LogP contribution in [0.25, 0.3) is 11.0 Å². The number of likely N-dealkylation sites (N-methyl/N-ethyl adjacent to an activating group) is 1. The van der Waals surface area contributed by atoms with Crippen molar-refractivity contribution in [3.63, 3.8) is 0 Å². The second kappa shape index (κ2) is 10.2. The van der Waals surface area contributed by atoms with Crippen LogP contribution in [0.5, 0.6) is 0 Å². The third-order valence-electron chi connectivity index (χ3n) is 5.32. The summed E-state index contributed by atoms with van der Waals surface area (Å²) in [7, 11) is 0. The van der Waals surface area contributed by atoms with E-state index in [2.05, 4.69) is 5.32 Å². The minimum Gasteiger partial charge on any atom is -0.351 e. The van der Waals surface area contributed by atoms with Gasteiger partial charge >= 0.3 is 0 Å². The van der Waals surface area contributed by atoms with Gasteiger partial charge in [0.15, 0.2) is 0 Å². The smallest absolute Gasteiger partial charge is 0.261 e. The van der Waals surface area contributed by atoms with Gasteiger partial charge in [0.1, 0.15) is 12.4 Å². The molecule has 0 saturated heterocycles. The Bertz CT molecular complexity index is 1190. The fraction of sp³-hybridized carbons (Fsp3) is 0.240. The summed E-state index contributed by atoms with van der Waals surface area (Å²) in [5, 5.41) is 4.85. The van der Waals surface area contributed by atoms with Crippen LogP contribution >= 0.6 is 11.3 Å². The second-order valence-corrected chi connectivity index (χ2v) is 8.36. The molecule has 0 aliphatic carbocycles. The average molecular weight is 447 g/mol. The van der Waals surface area contributed by atoms with Crippen LogP contribution in [-0.2, 0) is 17.8 Å². The molecule has 2 amide bonds. The lowest BCUT2D eigenvalue weighted by Gasteiger charge is -2.22. The first-order valence-corrected chi connectivity index (χ1v) is 11.7. The third kappa shape index (κ3) is 4.89.